The molecule has 0 unspecified atom stereocenters. The summed E-state index contributed by atoms with van der Waals surface area (Å²) in [6.45, 7) is 0.702. The van der Waals surface area contributed by atoms with Crippen molar-refractivity contribution in [2.24, 2.45) is 4.99 Å². The summed E-state index contributed by atoms with van der Waals surface area (Å²) in [5.74, 6) is 0.908. The molecule has 0 saturated heterocycles. The second-order valence-electron chi connectivity index (χ2n) is 4.05. The van der Waals surface area contributed by atoms with Crippen molar-refractivity contribution < 1.29 is 9.49 Å². The van der Waals surface area contributed by atoms with Crippen LogP contribution in [0.1, 0.15) is 5.56 Å². The van der Waals surface area contributed by atoms with E-state index >= 15 is 0 Å². The molecule has 2 heterocycles. The number of nitrogens with zero attached hydrogens (tertiary/aromatic N) is 3. The van der Waals surface area contributed by atoms with Gasteiger partial charge in [0.2, 0.25) is 5.71 Å². The number of non-ortho nitro benzene ring substituents is 1. The molecule has 0 amide bonds. The molecule has 0 saturated carbocycles. The minimum atomic E-state index is -0.399. The highest BCUT2D eigenvalue weighted by Crippen LogP contribution is 2.17. The molecule has 1 aliphatic heterocycles. The Morgan fingerprint density at radius 3 is 2.61 bits per heavy atom. The van der Waals surface area contributed by atoms with Crippen molar-refractivity contribution >= 4 is 17.2 Å². The third kappa shape index (κ3) is 1.75. The van der Waals surface area contributed by atoms with E-state index in [0.717, 1.165) is 17.1 Å². The van der Waals surface area contributed by atoms with E-state index in [-0.39, 0.29) is 5.69 Å². The van der Waals surface area contributed by atoms with Crippen LogP contribution >= 0.6 is 0 Å². The summed E-state index contributed by atoms with van der Waals surface area (Å²) >= 11 is 0. The highest BCUT2D eigenvalue weighted by atomic mass is 16.6. The zero-order valence-corrected chi connectivity index (χ0v) is 9.48. The van der Waals surface area contributed by atoms with E-state index in [4.69, 9.17) is 0 Å². The maximum absolute atomic E-state index is 10.6. The number of pyridine rings is 1. The SMILES string of the molecule is O=[N+]([O-])c1ccc(C2=Nc3cccc[n+]3C2)cc1. The molecule has 18 heavy (non-hydrogen) atoms. The molecule has 1 aromatic heterocycles. The van der Waals surface area contributed by atoms with Gasteiger partial charge in [0, 0.05) is 23.8 Å². The highest BCUT2D eigenvalue weighted by molar-refractivity contribution is 6.01. The van der Waals surface area contributed by atoms with E-state index in [1.54, 1.807) is 12.1 Å². The lowest BCUT2D eigenvalue weighted by Gasteiger charge is -1.95. The molecular formula is C13H10N3O2+. The average Bonchev–Trinajstić information content (AvgIpc) is 2.82. The van der Waals surface area contributed by atoms with E-state index in [0.29, 0.717) is 6.54 Å². The van der Waals surface area contributed by atoms with Crippen molar-refractivity contribution in [3.8, 4) is 0 Å². The van der Waals surface area contributed by atoms with Gasteiger partial charge in [-0.15, -0.1) is 0 Å². The van der Waals surface area contributed by atoms with Crippen LogP contribution in [0, 0.1) is 10.1 Å². The monoisotopic (exact) mass is 240 g/mol. The largest absolute Gasteiger partial charge is 0.323 e. The molecule has 3 rings (SSSR count). The van der Waals surface area contributed by atoms with Crippen LogP contribution in [-0.2, 0) is 6.54 Å². The van der Waals surface area contributed by atoms with Crippen molar-refractivity contribution in [3.63, 3.8) is 0 Å². The molecular weight excluding hydrogens is 230 g/mol. The molecule has 1 aromatic carbocycles. The van der Waals surface area contributed by atoms with E-state index < -0.39 is 4.92 Å². The fraction of sp³-hybridized carbons (Fsp3) is 0.0769. The van der Waals surface area contributed by atoms with E-state index in [1.165, 1.54) is 12.1 Å². The Morgan fingerprint density at radius 2 is 1.94 bits per heavy atom. The topological polar surface area (TPSA) is 59.4 Å². The number of hydrogen-bond acceptors (Lipinski definition) is 3. The lowest BCUT2D eigenvalue weighted by Crippen LogP contribution is -2.32. The van der Waals surface area contributed by atoms with Crippen LogP contribution in [0.3, 0.4) is 0 Å². The fourth-order valence-corrected chi connectivity index (χ4v) is 1.97. The summed E-state index contributed by atoms with van der Waals surface area (Å²) in [6.07, 6.45) is 1.97. The number of rotatable bonds is 2. The molecule has 0 aliphatic carbocycles. The minimum Gasteiger partial charge on any atom is -0.258 e. The van der Waals surface area contributed by atoms with Crippen LogP contribution in [0.15, 0.2) is 53.7 Å². The number of aliphatic imine (C=N–C) groups is 1. The Kier molecular flexibility index (Phi) is 2.37. The number of benzene rings is 1. The standard InChI is InChI=1S/C13H10N3O2/c17-16(18)11-6-4-10(5-7-11)12-9-15-8-2-1-3-13(15)14-12/h1-8H,9H2/q+1. The molecule has 0 N–H and O–H groups in total. The van der Waals surface area contributed by atoms with Gasteiger partial charge in [-0.3, -0.25) is 10.1 Å². The minimum absolute atomic E-state index is 0.0996. The zero-order chi connectivity index (χ0) is 12.5. The van der Waals surface area contributed by atoms with Gasteiger partial charge in [-0.25, -0.2) is 4.57 Å². The molecule has 0 fully saturated rings. The smallest absolute Gasteiger partial charge is 0.258 e. The number of nitro groups is 1. The van der Waals surface area contributed by atoms with Crippen LogP contribution in [0.5, 0.6) is 0 Å². The molecule has 0 spiro atoms. The van der Waals surface area contributed by atoms with Gasteiger partial charge in [-0.1, -0.05) is 6.07 Å². The van der Waals surface area contributed by atoms with Crippen molar-refractivity contribution in [1.82, 2.24) is 0 Å². The van der Waals surface area contributed by atoms with Gasteiger partial charge in [-0.2, -0.15) is 0 Å². The maximum Gasteiger partial charge on any atom is 0.323 e. The zero-order valence-electron chi connectivity index (χ0n) is 9.48. The molecule has 5 nitrogen and oxygen atoms in total. The quantitative estimate of drug-likeness (QED) is 0.458. The van der Waals surface area contributed by atoms with E-state index in [9.17, 15) is 10.1 Å². The second kappa shape index (κ2) is 4.03. The van der Waals surface area contributed by atoms with Crippen molar-refractivity contribution in [2.75, 3.05) is 0 Å². The summed E-state index contributed by atoms with van der Waals surface area (Å²) in [7, 11) is 0. The molecule has 0 bridgehead atoms. The Bertz CT molecular complexity index is 648. The first-order valence-electron chi connectivity index (χ1n) is 5.55. The number of nitro benzene ring substituents is 1. The molecule has 5 heteroatoms. The van der Waals surface area contributed by atoms with Gasteiger partial charge >= 0.3 is 5.82 Å². The molecule has 0 radical (unpaired) electrons. The van der Waals surface area contributed by atoms with E-state index in [2.05, 4.69) is 4.99 Å². The van der Waals surface area contributed by atoms with Crippen LogP contribution < -0.4 is 4.57 Å². The summed E-state index contributed by atoms with van der Waals surface area (Å²) in [4.78, 5) is 14.7. The van der Waals surface area contributed by atoms with Crippen LogP contribution in [0.25, 0.3) is 0 Å². The number of aromatic nitrogens is 1. The molecule has 88 valence electrons. The lowest BCUT2D eigenvalue weighted by molar-refractivity contribution is -0.664. The maximum atomic E-state index is 10.6. The third-order valence-electron chi connectivity index (χ3n) is 2.90. The first-order chi connectivity index (χ1) is 8.74. The van der Waals surface area contributed by atoms with Crippen molar-refractivity contribution in [1.29, 1.82) is 0 Å². The van der Waals surface area contributed by atoms with Crippen molar-refractivity contribution in [3.05, 3.63) is 64.3 Å². The highest BCUT2D eigenvalue weighted by Gasteiger charge is 2.24. The fourth-order valence-electron chi connectivity index (χ4n) is 1.97. The van der Waals surface area contributed by atoms with Gasteiger partial charge in [0.15, 0.2) is 6.54 Å². The number of hydrogen-bond donors (Lipinski definition) is 0. The molecule has 0 atom stereocenters. The molecule has 1 aliphatic rings. The Hall–Kier alpha value is -2.56. The van der Waals surface area contributed by atoms with Crippen LogP contribution in [0.2, 0.25) is 0 Å². The van der Waals surface area contributed by atoms with Crippen LogP contribution in [0.4, 0.5) is 11.5 Å². The van der Waals surface area contributed by atoms with Crippen LogP contribution in [-0.4, -0.2) is 10.6 Å². The average molecular weight is 240 g/mol. The third-order valence-corrected chi connectivity index (χ3v) is 2.90. The Labute approximate surface area is 103 Å². The van der Waals surface area contributed by atoms with Gasteiger partial charge in [0.1, 0.15) is 0 Å². The summed E-state index contributed by atoms with van der Waals surface area (Å²) in [5, 5.41) is 10.6. The van der Waals surface area contributed by atoms with E-state index in [1.807, 2.05) is 29.0 Å². The van der Waals surface area contributed by atoms with Gasteiger partial charge < -0.3 is 0 Å². The predicted octanol–water partition coefficient (Wildman–Crippen LogP) is 2.02. The normalized spacial score (nSPS) is 13.0. The number of fused-ring (bicyclic) bond motifs is 1. The summed E-state index contributed by atoms with van der Waals surface area (Å²) in [6, 6.07) is 12.3. The van der Waals surface area contributed by atoms with Crippen molar-refractivity contribution in [2.45, 2.75) is 6.54 Å². The Morgan fingerprint density at radius 1 is 1.17 bits per heavy atom. The predicted molar refractivity (Wildman–Crippen MR) is 65.9 cm³/mol. The first kappa shape index (κ1) is 10.6. The second-order valence-corrected chi connectivity index (χ2v) is 4.05. The van der Waals surface area contributed by atoms with Gasteiger partial charge in [-0.05, 0) is 23.2 Å². The van der Waals surface area contributed by atoms with Gasteiger partial charge in [0.05, 0.1) is 11.1 Å². The summed E-state index contributed by atoms with van der Waals surface area (Å²) in [5.41, 5.74) is 1.95. The Balaban J connectivity index is 1.92. The lowest BCUT2D eigenvalue weighted by atomic mass is 10.1. The first-order valence-corrected chi connectivity index (χ1v) is 5.55. The molecule has 2 aromatic rings. The summed E-state index contributed by atoms with van der Waals surface area (Å²) < 4.78 is 2.04. The van der Waals surface area contributed by atoms with Gasteiger partial charge in [0.25, 0.3) is 5.69 Å².